The zero-order chi connectivity index (χ0) is 18.3. The Kier molecular flexibility index (Phi) is 4.18. The first kappa shape index (κ1) is 16.7. The fourth-order valence-electron chi connectivity index (χ4n) is 3.53. The molecule has 1 aliphatic heterocycles. The summed E-state index contributed by atoms with van der Waals surface area (Å²) in [6.07, 6.45) is 1.51. The molecular weight excluding hydrogens is 336 g/mol. The van der Waals surface area contributed by atoms with Crippen molar-refractivity contribution in [3.05, 3.63) is 65.0 Å². The van der Waals surface area contributed by atoms with Gasteiger partial charge in [0.25, 0.3) is 5.91 Å². The summed E-state index contributed by atoms with van der Waals surface area (Å²) in [5.74, 6) is -0.709. The van der Waals surface area contributed by atoms with Crippen LogP contribution in [0.1, 0.15) is 40.5 Å². The second kappa shape index (κ2) is 6.52. The molecule has 26 heavy (non-hydrogen) atoms. The summed E-state index contributed by atoms with van der Waals surface area (Å²) < 4.78 is 26.9. The number of rotatable bonds is 2. The molecule has 1 N–H and O–H groups in total. The minimum absolute atomic E-state index is 0.0796. The number of carbonyl (C=O) groups is 1. The molecule has 4 nitrogen and oxygen atoms in total. The maximum atomic E-state index is 13.8. The van der Waals surface area contributed by atoms with E-state index in [1.807, 2.05) is 19.1 Å². The van der Waals surface area contributed by atoms with Crippen LogP contribution in [0.5, 0.6) is 0 Å². The van der Waals surface area contributed by atoms with Crippen LogP contribution in [0.3, 0.4) is 0 Å². The predicted molar refractivity (Wildman–Crippen MR) is 95.1 cm³/mol. The zero-order valence-electron chi connectivity index (χ0n) is 14.4. The van der Waals surface area contributed by atoms with Gasteiger partial charge >= 0.3 is 0 Å². The molecule has 2 heterocycles. The predicted octanol–water partition coefficient (Wildman–Crippen LogP) is 4.17. The highest BCUT2D eigenvalue weighted by Gasteiger charge is 2.27. The number of likely N-dealkylation sites (tertiary alicyclic amines) is 1. The Hall–Kier alpha value is -2.76. The highest BCUT2D eigenvalue weighted by Crippen LogP contribution is 2.29. The highest BCUT2D eigenvalue weighted by atomic mass is 19.1. The molecule has 0 aliphatic carbocycles. The van der Waals surface area contributed by atoms with Crippen molar-refractivity contribution >= 4 is 16.9 Å². The molecule has 0 saturated carbocycles. The van der Waals surface area contributed by atoms with Crippen LogP contribution >= 0.6 is 0 Å². The summed E-state index contributed by atoms with van der Waals surface area (Å²) in [5, 5.41) is 0. The number of amides is 1. The number of H-pyrrole nitrogens is 1. The van der Waals surface area contributed by atoms with Crippen LogP contribution in [0.2, 0.25) is 0 Å². The first-order valence-corrected chi connectivity index (χ1v) is 8.72. The third-order valence-electron chi connectivity index (χ3n) is 4.99. The average molecular weight is 355 g/mol. The smallest absolute Gasteiger partial charge is 0.256 e. The number of benzene rings is 2. The van der Waals surface area contributed by atoms with Gasteiger partial charge in [-0.2, -0.15) is 0 Å². The van der Waals surface area contributed by atoms with Crippen LogP contribution in [0.15, 0.2) is 36.4 Å². The van der Waals surface area contributed by atoms with Gasteiger partial charge < -0.3 is 9.88 Å². The molecule has 2 aromatic carbocycles. The van der Waals surface area contributed by atoms with E-state index in [0.717, 1.165) is 41.8 Å². The molecule has 0 atom stereocenters. The van der Waals surface area contributed by atoms with Crippen molar-refractivity contribution in [3.8, 4) is 0 Å². The molecule has 0 spiro atoms. The van der Waals surface area contributed by atoms with E-state index < -0.39 is 11.6 Å². The van der Waals surface area contributed by atoms with Crippen LogP contribution < -0.4 is 0 Å². The van der Waals surface area contributed by atoms with Crippen LogP contribution in [-0.2, 0) is 0 Å². The van der Waals surface area contributed by atoms with Gasteiger partial charge in [-0.05, 0) is 49.6 Å². The van der Waals surface area contributed by atoms with Crippen molar-refractivity contribution in [1.29, 1.82) is 0 Å². The van der Waals surface area contributed by atoms with Gasteiger partial charge in [0.05, 0.1) is 16.6 Å². The first-order valence-electron chi connectivity index (χ1n) is 8.72. The largest absolute Gasteiger partial charge is 0.342 e. The quantitative estimate of drug-likeness (QED) is 0.750. The van der Waals surface area contributed by atoms with Crippen molar-refractivity contribution in [2.45, 2.75) is 25.7 Å². The summed E-state index contributed by atoms with van der Waals surface area (Å²) >= 11 is 0. The second-order valence-electron chi connectivity index (χ2n) is 6.83. The average Bonchev–Trinajstić information content (AvgIpc) is 3.04. The van der Waals surface area contributed by atoms with Crippen LogP contribution in [0, 0.1) is 18.6 Å². The first-order chi connectivity index (χ1) is 12.5. The number of nitrogens with one attached hydrogen (secondary N) is 1. The monoisotopic (exact) mass is 355 g/mol. The number of hydrogen-bond acceptors (Lipinski definition) is 2. The van der Waals surface area contributed by atoms with Gasteiger partial charge in [0.1, 0.15) is 17.5 Å². The summed E-state index contributed by atoms with van der Waals surface area (Å²) in [7, 11) is 0. The van der Waals surface area contributed by atoms with Gasteiger partial charge in [0.2, 0.25) is 0 Å². The lowest BCUT2D eigenvalue weighted by molar-refractivity contribution is 0.0706. The van der Waals surface area contributed by atoms with Crippen molar-refractivity contribution in [3.63, 3.8) is 0 Å². The van der Waals surface area contributed by atoms with Gasteiger partial charge in [-0.3, -0.25) is 4.79 Å². The summed E-state index contributed by atoms with van der Waals surface area (Å²) in [5.41, 5.74) is 3.06. The number of aryl methyl sites for hydroxylation is 1. The maximum Gasteiger partial charge on any atom is 0.256 e. The number of nitrogens with zero attached hydrogens (tertiary/aromatic N) is 2. The van der Waals surface area contributed by atoms with Gasteiger partial charge in [0, 0.05) is 25.1 Å². The molecule has 1 aromatic heterocycles. The van der Waals surface area contributed by atoms with E-state index in [1.165, 1.54) is 11.6 Å². The van der Waals surface area contributed by atoms with Crippen molar-refractivity contribution in [1.82, 2.24) is 14.9 Å². The number of imidazole rings is 1. The van der Waals surface area contributed by atoms with E-state index in [9.17, 15) is 13.6 Å². The molecule has 1 fully saturated rings. The molecular formula is C20H19F2N3O. The van der Waals surface area contributed by atoms with E-state index in [2.05, 4.69) is 16.0 Å². The van der Waals surface area contributed by atoms with Crippen molar-refractivity contribution in [2.75, 3.05) is 13.1 Å². The highest BCUT2D eigenvalue weighted by molar-refractivity contribution is 5.94. The third-order valence-corrected chi connectivity index (χ3v) is 4.99. The van der Waals surface area contributed by atoms with E-state index in [4.69, 9.17) is 0 Å². The number of carbonyl (C=O) groups excluding carboxylic acids is 1. The van der Waals surface area contributed by atoms with Gasteiger partial charge in [-0.25, -0.2) is 13.8 Å². The van der Waals surface area contributed by atoms with Gasteiger partial charge in [-0.1, -0.05) is 6.07 Å². The summed E-state index contributed by atoms with van der Waals surface area (Å²) in [6.45, 7) is 3.09. The fraction of sp³-hybridized carbons (Fsp3) is 0.300. The molecule has 1 amide bonds. The Bertz CT molecular complexity index is 974. The topological polar surface area (TPSA) is 49.0 Å². The van der Waals surface area contributed by atoms with Gasteiger partial charge in [0.15, 0.2) is 0 Å². The molecule has 0 bridgehead atoms. The molecule has 134 valence electrons. The zero-order valence-corrected chi connectivity index (χ0v) is 14.4. The number of aromatic nitrogens is 2. The number of aromatic amines is 1. The van der Waals surface area contributed by atoms with E-state index >= 15 is 0 Å². The molecule has 1 saturated heterocycles. The molecule has 3 aromatic rings. The van der Waals surface area contributed by atoms with E-state index in [0.29, 0.717) is 13.1 Å². The normalized spacial score (nSPS) is 15.6. The van der Waals surface area contributed by atoms with E-state index in [1.54, 1.807) is 4.90 Å². The minimum atomic E-state index is -0.815. The molecule has 6 heteroatoms. The fourth-order valence-corrected chi connectivity index (χ4v) is 3.53. The van der Waals surface area contributed by atoms with Crippen LogP contribution in [0.4, 0.5) is 8.78 Å². The minimum Gasteiger partial charge on any atom is -0.342 e. The SMILES string of the molecule is Cc1ccc2nc(C3CCN(C(=O)c4ccc(F)cc4F)CC3)[nH]c2c1. The molecule has 0 radical (unpaired) electrons. The van der Waals surface area contributed by atoms with Gasteiger partial charge in [-0.15, -0.1) is 0 Å². The standard InChI is InChI=1S/C20H19F2N3O/c1-12-2-5-17-18(10-12)24-19(23-17)13-6-8-25(9-7-13)20(26)15-4-3-14(21)11-16(15)22/h2-5,10-11,13H,6-9H2,1H3,(H,23,24). The van der Waals surface area contributed by atoms with Crippen molar-refractivity contribution in [2.24, 2.45) is 0 Å². The van der Waals surface area contributed by atoms with Crippen molar-refractivity contribution < 1.29 is 13.6 Å². The van der Waals surface area contributed by atoms with E-state index in [-0.39, 0.29) is 17.4 Å². The lowest BCUT2D eigenvalue weighted by Crippen LogP contribution is -2.38. The second-order valence-corrected chi connectivity index (χ2v) is 6.83. The number of piperidine rings is 1. The Morgan fingerprint density at radius 3 is 2.65 bits per heavy atom. The lowest BCUT2D eigenvalue weighted by Gasteiger charge is -2.31. The Morgan fingerprint density at radius 1 is 1.15 bits per heavy atom. The molecule has 0 unspecified atom stereocenters. The third kappa shape index (κ3) is 3.07. The Morgan fingerprint density at radius 2 is 1.92 bits per heavy atom. The molecule has 4 rings (SSSR count). The maximum absolute atomic E-state index is 13.8. The number of hydrogen-bond donors (Lipinski definition) is 1. The summed E-state index contributed by atoms with van der Waals surface area (Å²) in [6, 6.07) is 9.17. The number of fused-ring (bicyclic) bond motifs is 1. The lowest BCUT2D eigenvalue weighted by atomic mass is 9.95. The summed E-state index contributed by atoms with van der Waals surface area (Å²) in [4.78, 5) is 22.2. The number of halogens is 2. The molecule has 1 aliphatic rings. The Labute approximate surface area is 149 Å². The van der Waals surface area contributed by atoms with Crippen LogP contribution in [0.25, 0.3) is 11.0 Å². The van der Waals surface area contributed by atoms with Crippen LogP contribution in [-0.4, -0.2) is 33.9 Å². The Balaban J connectivity index is 1.47.